The molecule has 1 fully saturated rings. The van der Waals surface area contributed by atoms with Crippen molar-refractivity contribution in [2.24, 2.45) is 11.7 Å². The topological polar surface area (TPSA) is 55.1 Å². The lowest BCUT2D eigenvalue weighted by Gasteiger charge is -2.15. The number of nitrogens with one attached hydrogen (secondary N) is 1. The van der Waals surface area contributed by atoms with E-state index in [0.29, 0.717) is 12.3 Å². The van der Waals surface area contributed by atoms with Crippen LogP contribution in [0.2, 0.25) is 0 Å². The SMILES string of the molecule is Cc1ccc(NC(=O)C[C@@H]2CCC[C@H]2N)c(C)c1. The quantitative estimate of drug-likeness (QED) is 0.861. The first kappa shape index (κ1) is 13.1. The molecule has 3 heteroatoms. The monoisotopic (exact) mass is 246 g/mol. The molecule has 0 bridgehead atoms. The molecule has 1 aromatic rings. The van der Waals surface area contributed by atoms with Crippen LogP contribution in [-0.2, 0) is 4.79 Å². The minimum Gasteiger partial charge on any atom is -0.327 e. The minimum atomic E-state index is 0.0873. The summed E-state index contributed by atoms with van der Waals surface area (Å²) in [5.41, 5.74) is 9.23. The molecule has 0 aromatic heterocycles. The first-order chi connectivity index (χ1) is 8.56. The van der Waals surface area contributed by atoms with Gasteiger partial charge < -0.3 is 11.1 Å². The average Bonchev–Trinajstić information content (AvgIpc) is 2.69. The Bertz CT molecular complexity index is 442. The Hall–Kier alpha value is -1.35. The first-order valence-corrected chi connectivity index (χ1v) is 6.69. The maximum absolute atomic E-state index is 12.0. The summed E-state index contributed by atoms with van der Waals surface area (Å²) >= 11 is 0. The molecule has 0 unspecified atom stereocenters. The molecule has 18 heavy (non-hydrogen) atoms. The van der Waals surface area contributed by atoms with E-state index in [4.69, 9.17) is 5.73 Å². The van der Waals surface area contributed by atoms with Crippen molar-refractivity contribution in [3.05, 3.63) is 29.3 Å². The zero-order valence-corrected chi connectivity index (χ0v) is 11.2. The molecule has 1 amide bonds. The summed E-state index contributed by atoms with van der Waals surface area (Å²) in [4.78, 5) is 12.0. The van der Waals surface area contributed by atoms with Crippen molar-refractivity contribution < 1.29 is 4.79 Å². The molecule has 1 saturated carbocycles. The molecular formula is C15H22N2O. The van der Waals surface area contributed by atoms with E-state index in [2.05, 4.69) is 18.3 Å². The highest BCUT2D eigenvalue weighted by Gasteiger charge is 2.26. The van der Waals surface area contributed by atoms with Crippen LogP contribution in [0.25, 0.3) is 0 Å². The second-order valence-corrected chi connectivity index (χ2v) is 5.43. The first-order valence-electron chi connectivity index (χ1n) is 6.69. The Kier molecular flexibility index (Phi) is 4.02. The molecule has 1 aromatic carbocycles. The largest absolute Gasteiger partial charge is 0.327 e. The van der Waals surface area contributed by atoms with Gasteiger partial charge in [-0.25, -0.2) is 0 Å². The highest BCUT2D eigenvalue weighted by atomic mass is 16.1. The van der Waals surface area contributed by atoms with Gasteiger partial charge >= 0.3 is 0 Å². The number of nitrogens with two attached hydrogens (primary N) is 1. The van der Waals surface area contributed by atoms with E-state index in [0.717, 1.165) is 30.5 Å². The van der Waals surface area contributed by atoms with E-state index in [-0.39, 0.29) is 11.9 Å². The van der Waals surface area contributed by atoms with Crippen molar-refractivity contribution in [1.82, 2.24) is 0 Å². The number of hydrogen-bond donors (Lipinski definition) is 2. The zero-order chi connectivity index (χ0) is 13.1. The van der Waals surface area contributed by atoms with E-state index in [1.165, 1.54) is 5.56 Å². The standard InChI is InChI=1S/C15H22N2O/c1-10-6-7-14(11(2)8-10)17-15(18)9-12-4-3-5-13(12)16/h6-8,12-13H,3-5,9,16H2,1-2H3,(H,17,18)/t12-,13+/m0/s1. The fourth-order valence-electron chi connectivity index (χ4n) is 2.71. The summed E-state index contributed by atoms with van der Waals surface area (Å²) in [5.74, 6) is 0.444. The van der Waals surface area contributed by atoms with E-state index in [1.807, 2.05) is 19.1 Å². The third kappa shape index (κ3) is 3.10. The summed E-state index contributed by atoms with van der Waals surface area (Å²) in [6.45, 7) is 4.07. The Labute approximate surface area is 109 Å². The van der Waals surface area contributed by atoms with Gasteiger partial charge in [0, 0.05) is 18.2 Å². The highest BCUT2D eigenvalue weighted by Crippen LogP contribution is 2.27. The average molecular weight is 246 g/mol. The maximum atomic E-state index is 12.0. The summed E-state index contributed by atoms with van der Waals surface area (Å²) in [7, 11) is 0. The summed E-state index contributed by atoms with van der Waals surface area (Å²) in [6.07, 6.45) is 3.85. The number of amides is 1. The van der Waals surface area contributed by atoms with Gasteiger partial charge in [-0.05, 0) is 44.2 Å². The van der Waals surface area contributed by atoms with Crippen LogP contribution in [0.4, 0.5) is 5.69 Å². The lowest BCUT2D eigenvalue weighted by Crippen LogP contribution is -2.28. The van der Waals surface area contributed by atoms with E-state index in [1.54, 1.807) is 0 Å². The van der Waals surface area contributed by atoms with Gasteiger partial charge in [-0.2, -0.15) is 0 Å². The molecule has 0 heterocycles. The van der Waals surface area contributed by atoms with Gasteiger partial charge in [0.25, 0.3) is 0 Å². The van der Waals surface area contributed by atoms with E-state index >= 15 is 0 Å². The lowest BCUT2D eigenvalue weighted by atomic mass is 9.99. The summed E-state index contributed by atoms with van der Waals surface area (Å²) in [5, 5.41) is 2.99. The molecule has 1 aliphatic rings. The van der Waals surface area contributed by atoms with Crippen molar-refractivity contribution >= 4 is 11.6 Å². The van der Waals surface area contributed by atoms with Crippen LogP contribution in [-0.4, -0.2) is 11.9 Å². The van der Waals surface area contributed by atoms with Gasteiger partial charge in [-0.1, -0.05) is 24.1 Å². The van der Waals surface area contributed by atoms with E-state index in [9.17, 15) is 4.79 Å². The van der Waals surface area contributed by atoms with Crippen molar-refractivity contribution in [1.29, 1.82) is 0 Å². The Balaban J connectivity index is 1.94. The van der Waals surface area contributed by atoms with Crippen LogP contribution in [0.3, 0.4) is 0 Å². The molecule has 2 rings (SSSR count). The van der Waals surface area contributed by atoms with Crippen LogP contribution in [0.15, 0.2) is 18.2 Å². The summed E-state index contributed by atoms with van der Waals surface area (Å²) < 4.78 is 0. The zero-order valence-electron chi connectivity index (χ0n) is 11.2. The van der Waals surface area contributed by atoms with Crippen LogP contribution < -0.4 is 11.1 Å². The van der Waals surface area contributed by atoms with Gasteiger partial charge in [0.15, 0.2) is 0 Å². The lowest BCUT2D eigenvalue weighted by molar-refractivity contribution is -0.117. The Morgan fingerprint density at radius 1 is 1.39 bits per heavy atom. The molecular weight excluding hydrogens is 224 g/mol. The number of hydrogen-bond acceptors (Lipinski definition) is 2. The molecule has 1 aliphatic carbocycles. The summed E-state index contributed by atoms with van der Waals surface area (Å²) in [6, 6.07) is 6.27. The van der Waals surface area contributed by atoms with Crippen molar-refractivity contribution in [2.75, 3.05) is 5.32 Å². The predicted molar refractivity (Wildman–Crippen MR) is 74.5 cm³/mol. The van der Waals surface area contributed by atoms with Crippen molar-refractivity contribution in [3.8, 4) is 0 Å². The van der Waals surface area contributed by atoms with Gasteiger partial charge in [0.1, 0.15) is 0 Å². The van der Waals surface area contributed by atoms with E-state index < -0.39 is 0 Å². The second kappa shape index (κ2) is 5.53. The normalized spacial score (nSPS) is 23.1. The van der Waals surface area contributed by atoms with Crippen molar-refractivity contribution in [3.63, 3.8) is 0 Å². The number of anilines is 1. The van der Waals surface area contributed by atoms with Gasteiger partial charge in [-0.3, -0.25) is 4.79 Å². The second-order valence-electron chi connectivity index (χ2n) is 5.43. The number of benzene rings is 1. The smallest absolute Gasteiger partial charge is 0.224 e. The maximum Gasteiger partial charge on any atom is 0.224 e. The van der Waals surface area contributed by atoms with Crippen LogP contribution in [0, 0.1) is 19.8 Å². The van der Waals surface area contributed by atoms with Crippen molar-refractivity contribution in [2.45, 2.75) is 45.6 Å². The fraction of sp³-hybridized carbons (Fsp3) is 0.533. The molecule has 3 N–H and O–H groups in total. The molecule has 2 atom stereocenters. The molecule has 0 saturated heterocycles. The highest BCUT2D eigenvalue weighted by molar-refractivity contribution is 5.91. The number of aryl methyl sites for hydroxylation is 2. The number of carbonyl (C=O) groups is 1. The minimum absolute atomic E-state index is 0.0873. The molecule has 0 radical (unpaired) electrons. The molecule has 0 spiro atoms. The van der Waals surface area contributed by atoms with Gasteiger partial charge in [-0.15, -0.1) is 0 Å². The third-order valence-corrected chi connectivity index (χ3v) is 3.82. The Morgan fingerprint density at radius 3 is 2.78 bits per heavy atom. The third-order valence-electron chi connectivity index (χ3n) is 3.82. The molecule has 98 valence electrons. The predicted octanol–water partition coefficient (Wildman–Crippen LogP) is 2.76. The fourth-order valence-corrected chi connectivity index (χ4v) is 2.71. The van der Waals surface area contributed by atoms with Crippen LogP contribution in [0.1, 0.15) is 36.8 Å². The molecule has 3 nitrogen and oxygen atoms in total. The Morgan fingerprint density at radius 2 is 2.17 bits per heavy atom. The number of rotatable bonds is 3. The number of carbonyl (C=O) groups excluding carboxylic acids is 1. The van der Waals surface area contributed by atoms with Crippen LogP contribution in [0.5, 0.6) is 0 Å². The van der Waals surface area contributed by atoms with Gasteiger partial charge in [0.2, 0.25) is 5.91 Å². The molecule has 0 aliphatic heterocycles. The van der Waals surface area contributed by atoms with Crippen LogP contribution >= 0.6 is 0 Å². The van der Waals surface area contributed by atoms with Gasteiger partial charge in [0.05, 0.1) is 0 Å².